The molecule has 3 unspecified atom stereocenters. The fraction of sp³-hybridized carbons (Fsp3) is 0.696. The predicted octanol–water partition coefficient (Wildman–Crippen LogP) is 3.37. The molecule has 154 valence electrons. The zero-order valence-electron chi connectivity index (χ0n) is 17.2. The van der Waals surface area contributed by atoms with Gasteiger partial charge < -0.3 is 14.9 Å². The van der Waals surface area contributed by atoms with E-state index < -0.39 is 5.97 Å². The second kappa shape index (κ2) is 7.19. The Labute approximate surface area is 172 Å². The molecule has 3 aliphatic heterocycles. The summed E-state index contributed by atoms with van der Waals surface area (Å²) in [6.07, 6.45) is 8.11. The molecule has 1 saturated carbocycles. The molecular weight excluding hydrogens is 364 g/mol. The van der Waals surface area contributed by atoms with Gasteiger partial charge in [-0.1, -0.05) is 6.42 Å². The number of fused-ring (bicyclic) bond motifs is 3. The Morgan fingerprint density at radius 1 is 1.17 bits per heavy atom. The number of anilines is 2. The highest BCUT2D eigenvalue weighted by Gasteiger charge is 2.48. The van der Waals surface area contributed by atoms with Gasteiger partial charge in [-0.05, 0) is 74.3 Å². The van der Waals surface area contributed by atoms with Crippen LogP contribution in [0.4, 0.5) is 11.6 Å². The summed E-state index contributed by atoms with van der Waals surface area (Å²) in [4.78, 5) is 21.1. The quantitative estimate of drug-likeness (QED) is 0.789. The Bertz CT molecular complexity index is 865. The molecule has 6 nitrogen and oxygen atoms in total. The van der Waals surface area contributed by atoms with E-state index in [1.165, 1.54) is 17.5 Å². The van der Waals surface area contributed by atoms with E-state index in [-0.39, 0.29) is 0 Å². The standard InChI is InChI=1S/C23H30N4O2/c1-14-7-8-27(14)23-20(11-24)17-5-3-2-4-6-18(17)22(25-23)26-12-15-9-16(13-26)19(15)10-21(28)29/h14-16,19H,2-10,12-13H2,1H3,(H,28,29). The Kier molecular flexibility index (Phi) is 4.64. The highest BCUT2D eigenvalue weighted by molar-refractivity contribution is 5.69. The maximum Gasteiger partial charge on any atom is 0.303 e. The first-order valence-corrected chi connectivity index (χ1v) is 11.3. The fourth-order valence-electron chi connectivity index (χ4n) is 6.08. The molecule has 3 atom stereocenters. The number of aliphatic carboxylic acids is 1. The summed E-state index contributed by atoms with van der Waals surface area (Å²) < 4.78 is 0. The number of carbonyl (C=O) groups is 1. The van der Waals surface area contributed by atoms with E-state index in [0.717, 1.165) is 75.4 Å². The monoisotopic (exact) mass is 394 g/mol. The zero-order chi connectivity index (χ0) is 20.1. The maximum absolute atomic E-state index is 11.2. The molecule has 5 aliphatic rings. The summed E-state index contributed by atoms with van der Waals surface area (Å²) in [6, 6.07) is 2.95. The lowest BCUT2D eigenvalue weighted by atomic mass is 9.60. The number of nitriles is 1. The van der Waals surface area contributed by atoms with Crippen molar-refractivity contribution in [1.82, 2.24) is 4.98 Å². The molecule has 1 aromatic rings. The zero-order valence-corrected chi connectivity index (χ0v) is 17.2. The number of carboxylic acid groups (broad SMARTS) is 1. The van der Waals surface area contributed by atoms with E-state index in [9.17, 15) is 15.2 Å². The first kappa shape index (κ1) is 18.7. The normalized spacial score (nSPS) is 30.5. The second-order valence-corrected chi connectivity index (χ2v) is 9.52. The van der Waals surface area contributed by atoms with Gasteiger partial charge in [-0.25, -0.2) is 4.98 Å². The third-order valence-electron chi connectivity index (χ3n) is 7.86. The molecule has 6 rings (SSSR count). The molecule has 0 spiro atoms. The van der Waals surface area contributed by atoms with Crippen LogP contribution in [0, 0.1) is 29.1 Å². The van der Waals surface area contributed by atoms with Crippen LogP contribution < -0.4 is 9.80 Å². The van der Waals surface area contributed by atoms with Gasteiger partial charge in [0, 0.05) is 32.1 Å². The fourth-order valence-corrected chi connectivity index (χ4v) is 6.08. The number of pyridine rings is 1. The van der Waals surface area contributed by atoms with Gasteiger partial charge in [-0.15, -0.1) is 0 Å². The number of hydrogen-bond donors (Lipinski definition) is 1. The maximum atomic E-state index is 11.2. The Hall–Kier alpha value is -2.29. The SMILES string of the molecule is CC1CCN1c1nc(N2CC3CC(C2)C3CC(=O)O)c2c(c1C#N)CCCCC2. The van der Waals surface area contributed by atoms with Gasteiger partial charge in [0.25, 0.3) is 0 Å². The predicted molar refractivity (Wildman–Crippen MR) is 111 cm³/mol. The molecule has 4 heterocycles. The van der Waals surface area contributed by atoms with Crippen molar-refractivity contribution in [2.45, 2.75) is 64.3 Å². The van der Waals surface area contributed by atoms with E-state index >= 15 is 0 Å². The van der Waals surface area contributed by atoms with Gasteiger partial charge in [0.1, 0.15) is 17.7 Å². The number of hydrogen-bond acceptors (Lipinski definition) is 5. The van der Waals surface area contributed by atoms with Crippen LogP contribution in [0.2, 0.25) is 0 Å². The Morgan fingerprint density at radius 3 is 2.48 bits per heavy atom. The van der Waals surface area contributed by atoms with Crippen LogP contribution in [-0.2, 0) is 17.6 Å². The summed E-state index contributed by atoms with van der Waals surface area (Å²) in [5, 5.41) is 19.2. The van der Waals surface area contributed by atoms with E-state index in [1.54, 1.807) is 0 Å². The van der Waals surface area contributed by atoms with Crippen LogP contribution in [0.5, 0.6) is 0 Å². The lowest BCUT2D eigenvalue weighted by molar-refractivity contribution is -0.141. The lowest BCUT2D eigenvalue weighted by Gasteiger charge is -2.54. The van der Waals surface area contributed by atoms with E-state index in [0.29, 0.717) is 30.2 Å². The molecule has 1 aromatic heterocycles. The number of carboxylic acids is 1. The van der Waals surface area contributed by atoms with Gasteiger partial charge >= 0.3 is 5.97 Å². The van der Waals surface area contributed by atoms with E-state index in [4.69, 9.17) is 4.98 Å². The minimum atomic E-state index is -0.669. The van der Waals surface area contributed by atoms with Gasteiger partial charge in [0.05, 0.1) is 5.56 Å². The van der Waals surface area contributed by atoms with Crippen molar-refractivity contribution in [3.8, 4) is 6.07 Å². The minimum Gasteiger partial charge on any atom is -0.481 e. The highest BCUT2D eigenvalue weighted by Crippen LogP contribution is 2.49. The first-order chi connectivity index (χ1) is 14.1. The highest BCUT2D eigenvalue weighted by atomic mass is 16.4. The number of rotatable bonds is 4. The van der Waals surface area contributed by atoms with Crippen molar-refractivity contribution in [3.05, 3.63) is 16.7 Å². The molecule has 1 N–H and O–H groups in total. The third-order valence-corrected chi connectivity index (χ3v) is 7.86. The summed E-state index contributed by atoms with van der Waals surface area (Å²) in [7, 11) is 0. The van der Waals surface area contributed by atoms with E-state index in [2.05, 4.69) is 22.8 Å². The number of piperidine rings is 2. The number of nitrogens with zero attached hydrogens (tertiary/aromatic N) is 4. The first-order valence-electron chi connectivity index (χ1n) is 11.3. The summed E-state index contributed by atoms with van der Waals surface area (Å²) in [5.74, 6) is 2.58. The van der Waals surface area contributed by atoms with Crippen LogP contribution >= 0.6 is 0 Å². The van der Waals surface area contributed by atoms with Gasteiger partial charge in [-0.3, -0.25) is 4.79 Å². The van der Waals surface area contributed by atoms with Crippen molar-refractivity contribution < 1.29 is 9.90 Å². The van der Waals surface area contributed by atoms with Crippen molar-refractivity contribution in [2.75, 3.05) is 29.4 Å². The molecule has 0 amide bonds. The molecule has 2 bridgehead atoms. The number of aromatic nitrogens is 1. The van der Waals surface area contributed by atoms with Crippen LogP contribution in [0.3, 0.4) is 0 Å². The van der Waals surface area contributed by atoms with Gasteiger partial charge in [0.15, 0.2) is 0 Å². The van der Waals surface area contributed by atoms with Crippen molar-refractivity contribution in [2.24, 2.45) is 17.8 Å². The molecule has 3 saturated heterocycles. The summed E-state index contributed by atoms with van der Waals surface area (Å²) in [6.45, 7) is 5.01. The second-order valence-electron chi connectivity index (χ2n) is 9.52. The average molecular weight is 395 g/mol. The molecule has 29 heavy (non-hydrogen) atoms. The van der Waals surface area contributed by atoms with Crippen LogP contribution in [0.1, 0.15) is 62.1 Å². The van der Waals surface area contributed by atoms with E-state index in [1.807, 2.05) is 0 Å². The summed E-state index contributed by atoms with van der Waals surface area (Å²) in [5.41, 5.74) is 3.35. The molecule has 4 fully saturated rings. The average Bonchev–Trinajstić information content (AvgIpc) is 2.96. The Balaban J connectivity index is 1.52. The minimum absolute atomic E-state index is 0.304. The topological polar surface area (TPSA) is 80.5 Å². The van der Waals surface area contributed by atoms with Gasteiger partial charge in [-0.2, -0.15) is 5.26 Å². The van der Waals surface area contributed by atoms with Crippen molar-refractivity contribution in [1.29, 1.82) is 5.26 Å². The largest absolute Gasteiger partial charge is 0.481 e. The van der Waals surface area contributed by atoms with Crippen LogP contribution in [0.15, 0.2) is 0 Å². The third kappa shape index (κ3) is 3.06. The Morgan fingerprint density at radius 2 is 1.90 bits per heavy atom. The molecule has 6 heteroatoms. The van der Waals surface area contributed by atoms with Crippen LogP contribution in [-0.4, -0.2) is 41.7 Å². The lowest BCUT2D eigenvalue weighted by Crippen LogP contribution is -2.56. The molecule has 2 aliphatic carbocycles. The molecular formula is C23H30N4O2. The van der Waals surface area contributed by atoms with Crippen molar-refractivity contribution >= 4 is 17.6 Å². The van der Waals surface area contributed by atoms with Gasteiger partial charge in [0.2, 0.25) is 0 Å². The molecule has 0 radical (unpaired) electrons. The smallest absolute Gasteiger partial charge is 0.303 e. The van der Waals surface area contributed by atoms with Crippen LogP contribution in [0.25, 0.3) is 0 Å². The summed E-state index contributed by atoms with van der Waals surface area (Å²) >= 11 is 0. The van der Waals surface area contributed by atoms with Crippen molar-refractivity contribution in [3.63, 3.8) is 0 Å². The molecule has 0 aromatic carbocycles.